The number of nitrogens with zero attached hydrogens (tertiary/aromatic N) is 3. The Morgan fingerprint density at radius 3 is 2.58 bits per heavy atom. The number of amides is 1. The van der Waals surface area contributed by atoms with Crippen molar-refractivity contribution in [3.8, 4) is 0 Å². The molecule has 0 N–H and O–H groups in total. The van der Waals surface area contributed by atoms with Gasteiger partial charge in [-0.15, -0.1) is 11.3 Å². The predicted octanol–water partition coefficient (Wildman–Crippen LogP) is 2.86. The van der Waals surface area contributed by atoms with Gasteiger partial charge in [0.05, 0.1) is 12.6 Å². The van der Waals surface area contributed by atoms with E-state index in [1.807, 2.05) is 11.3 Å². The molecule has 0 aliphatic carbocycles. The van der Waals surface area contributed by atoms with Crippen LogP contribution in [0.3, 0.4) is 0 Å². The Hall–Kier alpha value is -0.910. The molecule has 0 aromatic carbocycles. The van der Waals surface area contributed by atoms with Crippen LogP contribution in [0.2, 0.25) is 0 Å². The maximum absolute atomic E-state index is 12.9. The highest BCUT2D eigenvalue weighted by molar-refractivity contribution is 7.10. The molecule has 1 atom stereocenters. The van der Waals surface area contributed by atoms with Crippen molar-refractivity contribution in [1.82, 2.24) is 14.7 Å². The zero-order valence-electron chi connectivity index (χ0n) is 15.3. The number of carbonyl (C=O) groups is 1. The first-order valence-corrected chi connectivity index (χ1v) is 10.3. The van der Waals surface area contributed by atoms with Crippen molar-refractivity contribution in [3.63, 3.8) is 0 Å². The van der Waals surface area contributed by atoms with E-state index >= 15 is 0 Å². The summed E-state index contributed by atoms with van der Waals surface area (Å²) in [6.45, 7) is 13.6. The van der Waals surface area contributed by atoms with Gasteiger partial charge in [0.2, 0.25) is 5.91 Å². The van der Waals surface area contributed by atoms with Crippen LogP contribution < -0.4 is 0 Å². The van der Waals surface area contributed by atoms with Crippen molar-refractivity contribution in [1.29, 1.82) is 0 Å². The summed E-state index contributed by atoms with van der Waals surface area (Å²) < 4.78 is 0. The van der Waals surface area contributed by atoms with Gasteiger partial charge in [-0.2, -0.15) is 0 Å². The summed E-state index contributed by atoms with van der Waals surface area (Å²) in [5, 5.41) is 2.18. The Balaban J connectivity index is 1.54. The Morgan fingerprint density at radius 2 is 1.92 bits per heavy atom. The minimum absolute atomic E-state index is 0.287. The molecule has 2 aliphatic heterocycles. The quantitative estimate of drug-likeness (QED) is 0.818. The van der Waals surface area contributed by atoms with Gasteiger partial charge in [-0.3, -0.25) is 9.69 Å². The molecule has 2 aliphatic rings. The maximum Gasteiger partial charge on any atom is 0.237 e. The van der Waals surface area contributed by atoms with Crippen LogP contribution in [0.1, 0.15) is 43.7 Å². The average molecular weight is 350 g/mol. The van der Waals surface area contributed by atoms with Gasteiger partial charge in [-0.1, -0.05) is 20.8 Å². The molecule has 1 unspecified atom stereocenters. The second kappa shape index (κ2) is 7.98. The molecular formula is C19H31N3OS. The van der Waals surface area contributed by atoms with Gasteiger partial charge >= 0.3 is 0 Å². The van der Waals surface area contributed by atoms with Crippen LogP contribution in [0.15, 0.2) is 11.4 Å². The fourth-order valence-electron chi connectivity index (χ4n) is 4.06. The van der Waals surface area contributed by atoms with Crippen molar-refractivity contribution < 1.29 is 4.79 Å². The second-order valence-corrected chi connectivity index (χ2v) is 8.53. The minimum Gasteiger partial charge on any atom is -0.334 e. The van der Waals surface area contributed by atoms with E-state index in [0.29, 0.717) is 12.5 Å². The zero-order chi connectivity index (χ0) is 17.1. The first-order valence-electron chi connectivity index (χ1n) is 9.39. The third-order valence-electron chi connectivity index (χ3n) is 5.25. The van der Waals surface area contributed by atoms with E-state index in [2.05, 4.69) is 46.9 Å². The molecular weight excluding hydrogens is 318 g/mol. The monoisotopic (exact) mass is 349 g/mol. The largest absolute Gasteiger partial charge is 0.334 e. The molecule has 3 heterocycles. The first-order chi connectivity index (χ1) is 11.6. The van der Waals surface area contributed by atoms with E-state index < -0.39 is 0 Å². The number of hydrogen-bond acceptors (Lipinski definition) is 4. The van der Waals surface area contributed by atoms with Crippen LogP contribution >= 0.6 is 11.3 Å². The predicted molar refractivity (Wildman–Crippen MR) is 100 cm³/mol. The molecule has 134 valence electrons. The number of piperazine rings is 1. The van der Waals surface area contributed by atoms with Crippen LogP contribution in [0, 0.1) is 5.92 Å². The highest BCUT2D eigenvalue weighted by atomic mass is 32.1. The smallest absolute Gasteiger partial charge is 0.237 e. The maximum atomic E-state index is 12.9. The lowest BCUT2D eigenvalue weighted by Crippen LogP contribution is -2.51. The number of carbonyl (C=O) groups excluding carboxylic acids is 1. The number of thiophene rings is 1. The normalized spacial score (nSPS) is 22.8. The van der Waals surface area contributed by atoms with Gasteiger partial charge in [-0.25, -0.2) is 0 Å². The molecule has 5 heteroatoms. The van der Waals surface area contributed by atoms with Crippen LogP contribution in [-0.4, -0.2) is 66.4 Å². The zero-order valence-corrected chi connectivity index (χ0v) is 16.1. The molecule has 1 amide bonds. The highest BCUT2D eigenvalue weighted by Gasteiger charge is 2.31. The van der Waals surface area contributed by atoms with E-state index in [9.17, 15) is 4.79 Å². The van der Waals surface area contributed by atoms with Crippen LogP contribution in [0.25, 0.3) is 0 Å². The van der Waals surface area contributed by atoms with Gasteiger partial charge in [-0.05, 0) is 35.8 Å². The molecule has 0 bridgehead atoms. The molecule has 4 nitrogen and oxygen atoms in total. The summed E-state index contributed by atoms with van der Waals surface area (Å²) in [5.74, 6) is 1.03. The van der Waals surface area contributed by atoms with Gasteiger partial charge in [0.1, 0.15) is 0 Å². The van der Waals surface area contributed by atoms with Gasteiger partial charge in [0, 0.05) is 44.1 Å². The van der Waals surface area contributed by atoms with Gasteiger partial charge in [0.25, 0.3) is 0 Å². The SMILES string of the molecule is CCC1c2ccsc2CCN1C(=O)CN1CCN(CC(C)C)CC1. The van der Waals surface area contributed by atoms with E-state index in [0.717, 1.165) is 51.5 Å². The van der Waals surface area contributed by atoms with Gasteiger partial charge < -0.3 is 9.80 Å². The van der Waals surface area contributed by atoms with Crippen molar-refractivity contribution in [2.75, 3.05) is 45.8 Å². The summed E-state index contributed by atoms with van der Waals surface area (Å²) >= 11 is 1.84. The second-order valence-electron chi connectivity index (χ2n) is 7.53. The number of fused-ring (bicyclic) bond motifs is 1. The van der Waals surface area contributed by atoms with E-state index in [1.54, 1.807) is 0 Å². The van der Waals surface area contributed by atoms with E-state index in [-0.39, 0.29) is 6.04 Å². The lowest BCUT2D eigenvalue weighted by atomic mass is 9.97. The van der Waals surface area contributed by atoms with E-state index in [4.69, 9.17) is 0 Å². The molecule has 0 spiro atoms. The molecule has 0 saturated carbocycles. The van der Waals surface area contributed by atoms with Crippen LogP contribution in [-0.2, 0) is 11.2 Å². The standard InChI is InChI=1S/C19H31N3OS/c1-4-17-16-6-12-24-18(16)5-7-22(17)19(23)14-21-10-8-20(9-11-21)13-15(2)3/h6,12,15,17H,4-5,7-11,13-14H2,1-3H3. The summed E-state index contributed by atoms with van der Waals surface area (Å²) in [4.78, 5) is 21.4. The molecule has 3 rings (SSSR count). The number of rotatable bonds is 5. The van der Waals surface area contributed by atoms with Crippen molar-refractivity contribution in [3.05, 3.63) is 21.9 Å². The molecule has 24 heavy (non-hydrogen) atoms. The molecule has 0 radical (unpaired) electrons. The van der Waals surface area contributed by atoms with Crippen molar-refractivity contribution >= 4 is 17.2 Å². The lowest BCUT2D eigenvalue weighted by Gasteiger charge is -2.39. The third-order valence-corrected chi connectivity index (χ3v) is 6.25. The summed E-state index contributed by atoms with van der Waals surface area (Å²) in [5.41, 5.74) is 1.39. The Bertz CT molecular complexity index is 549. The summed E-state index contributed by atoms with van der Waals surface area (Å²) in [6, 6.07) is 2.51. The molecule has 1 aromatic rings. The summed E-state index contributed by atoms with van der Waals surface area (Å²) in [6.07, 6.45) is 2.04. The average Bonchev–Trinajstić information content (AvgIpc) is 3.03. The molecule has 1 saturated heterocycles. The lowest BCUT2D eigenvalue weighted by molar-refractivity contribution is -0.135. The topological polar surface area (TPSA) is 26.8 Å². The fourth-order valence-corrected chi connectivity index (χ4v) is 4.99. The number of hydrogen-bond donors (Lipinski definition) is 0. The van der Waals surface area contributed by atoms with Crippen LogP contribution in [0.5, 0.6) is 0 Å². The Morgan fingerprint density at radius 1 is 1.21 bits per heavy atom. The molecule has 1 aromatic heterocycles. The first kappa shape index (κ1) is 17.9. The van der Waals surface area contributed by atoms with E-state index in [1.165, 1.54) is 17.0 Å². The summed E-state index contributed by atoms with van der Waals surface area (Å²) in [7, 11) is 0. The van der Waals surface area contributed by atoms with Crippen molar-refractivity contribution in [2.24, 2.45) is 5.92 Å². The highest BCUT2D eigenvalue weighted by Crippen LogP contribution is 2.35. The third kappa shape index (κ3) is 4.01. The minimum atomic E-state index is 0.287. The molecule has 1 fully saturated rings. The van der Waals surface area contributed by atoms with Gasteiger partial charge in [0.15, 0.2) is 0 Å². The van der Waals surface area contributed by atoms with Crippen LogP contribution in [0.4, 0.5) is 0 Å². The fraction of sp³-hybridized carbons (Fsp3) is 0.737. The Kier molecular flexibility index (Phi) is 5.95. The van der Waals surface area contributed by atoms with Crippen molar-refractivity contribution in [2.45, 2.75) is 39.7 Å². The Labute approximate surface area is 150 Å².